The van der Waals surface area contributed by atoms with Crippen LogP contribution in [0.1, 0.15) is 36.8 Å². The Morgan fingerprint density at radius 3 is 2.44 bits per heavy atom. The van der Waals surface area contributed by atoms with Crippen LogP contribution in [0, 0.1) is 11.7 Å². The summed E-state index contributed by atoms with van der Waals surface area (Å²) in [6.45, 7) is 0. The van der Waals surface area contributed by atoms with Crippen LogP contribution in [0.25, 0.3) is 0 Å². The van der Waals surface area contributed by atoms with Crippen LogP contribution in [0.15, 0.2) is 42.7 Å². The summed E-state index contributed by atoms with van der Waals surface area (Å²) in [7, 11) is -1.46. The molecular weight excluding hydrogens is 361 g/mol. The number of benzene rings is 1. The van der Waals surface area contributed by atoms with E-state index in [4.69, 9.17) is 5.73 Å². The number of hydrogen-bond acceptors (Lipinski definition) is 3. The van der Waals surface area contributed by atoms with Gasteiger partial charge in [0.15, 0.2) is 0 Å². The molecule has 0 spiro atoms. The van der Waals surface area contributed by atoms with Crippen LogP contribution in [0.3, 0.4) is 0 Å². The van der Waals surface area contributed by atoms with Gasteiger partial charge in [0.1, 0.15) is 5.82 Å². The van der Waals surface area contributed by atoms with Gasteiger partial charge in [-0.05, 0) is 72.9 Å². The van der Waals surface area contributed by atoms with Crippen LogP contribution in [0.4, 0.5) is 14.9 Å². The fourth-order valence-electron chi connectivity index (χ4n) is 3.26. The molecule has 1 atom stereocenters. The summed E-state index contributed by atoms with van der Waals surface area (Å²) < 4.78 is 13.8. The first-order valence-corrected chi connectivity index (χ1v) is 12.0. The topological polar surface area (TPSA) is 68.0 Å². The molecule has 1 saturated carbocycles. The number of nitrogens with zero attached hydrogens (tertiary/aromatic N) is 1. The molecule has 3 rings (SSSR count). The van der Waals surface area contributed by atoms with E-state index in [1.807, 2.05) is 30.9 Å². The Morgan fingerprint density at radius 2 is 1.89 bits per heavy atom. The molecule has 1 unspecified atom stereocenters. The van der Waals surface area contributed by atoms with Crippen molar-refractivity contribution in [3.8, 4) is 0 Å². The monoisotopic (exact) mass is 389 g/mol. The maximum atomic E-state index is 13.8. The molecule has 0 aliphatic heterocycles. The van der Waals surface area contributed by atoms with Crippen molar-refractivity contribution in [3.05, 3.63) is 59.7 Å². The third kappa shape index (κ3) is 4.43. The van der Waals surface area contributed by atoms with E-state index in [0.29, 0.717) is 5.92 Å². The Kier molecular flexibility index (Phi) is 5.47. The third-order valence-electron chi connectivity index (χ3n) is 5.16. The Morgan fingerprint density at radius 1 is 1.22 bits per heavy atom. The normalized spacial score (nSPS) is 17.2. The van der Waals surface area contributed by atoms with E-state index in [1.54, 1.807) is 24.5 Å². The second-order valence-corrected chi connectivity index (χ2v) is 12.2. The number of pyridine rings is 1. The Balaban J connectivity index is 2.13. The molecule has 1 aromatic heterocycles. The standard InChI is InChI=1S/C21H28FN3OS/c1-27(2,3)20(26)25-21(11-8-15-4-5-15,16-9-12-24-13-10-16)17-6-7-18(22)19(23)14-17/h6-7,9-10,12-15H,4-5,8,11,23H2,1-3H3,(H,25,26). The number of carbonyl (C=O) groups is 1. The lowest BCUT2D eigenvalue weighted by molar-refractivity contribution is 0.247. The van der Waals surface area contributed by atoms with Gasteiger partial charge in [0.2, 0.25) is 0 Å². The van der Waals surface area contributed by atoms with E-state index in [1.165, 1.54) is 18.9 Å². The van der Waals surface area contributed by atoms with Crippen LogP contribution in [-0.4, -0.2) is 29.0 Å². The Bertz CT molecular complexity index is 818. The molecule has 1 aliphatic rings. The maximum absolute atomic E-state index is 13.8. The number of amides is 1. The molecule has 6 heteroatoms. The summed E-state index contributed by atoms with van der Waals surface area (Å²) >= 11 is 0. The Hall–Kier alpha value is -2.08. The largest absolute Gasteiger partial charge is 0.396 e. The first-order chi connectivity index (χ1) is 12.7. The van der Waals surface area contributed by atoms with E-state index < -0.39 is 21.4 Å². The molecule has 4 nitrogen and oxygen atoms in total. The number of anilines is 1. The molecule has 0 radical (unpaired) electrons. The van der Waals surface area contributed by atoms with Gasteiger partial charge in [0.05, 0.1) is 11.2 Å². The third-order valence-corrected chi connectivity index (χ3v) is 6.37. The summed E-state index contributed by atoms with van der Waals surface area (Å²) in [6.07, 6.45) is 13.6. The molecule has 27 heavy (non-hydrogen) atoms. The number of halogens is 1. The minimum Gasteiger partial charge on any atom is -0.396 e. The number of aromatic nitrogens is 1. The molecule has 0 bridgehead atoms. The highest BCUT2D eigenvalue weighted by Gasteiger charge is 2.39. The van der Waals surface area contributed by atoms with Crippen molar-refractivity contribution in [1.29, 1.82) is 0 Å². The van der Waals surface area contributed by atoms with E-state index in [2.05, 4.69) is 10.3 Å². The van der Waals surface area contributed by atoms with Gasteiger partial charge in [-0.25, -0.2) is 4.39 Å². The van der Waals surface area contributed by atoms with Gasteiger partial charge in [-0.15, -0.1) is 0 Å². The van der Waals surface area contributed by atoms with Gasteiger partial charge in [-0.2, -0.15) is 10.0 Å². The number of nitrogens with one attached hydrogen (secondary N) is 1. The number of nitrogens with two attached hydrogens (primary N) is 1. The first-order valence-electron chi connectivity index (χ1n) is 9.19. The van der Waals surface area contributed by atoms with Gasteiger partial charge in [0, 0.05) is 12.4 Å². The van der Waals surface area contributed by atoms with Crippen LogP contribution >= 0.6 is 10.0 Å². The predicted octanol–water partition coefficient (Wildman–Crippen LogP) is 4.64. The van der Waals surface area contributed by atoms with Crippen molar-refractivity contribution < 1.29 is 9.18 Å². The summed E-state index contributed by atoms with van der Waals surface area (Å²) in [5.74, 6) is 0.250. The minimum atomic E-state index is -1.46. The smallest absolute Gasteiger partial charge is 0.261 e. The summed E-state index contributed by atoms with van der Waals surface area (Å²) in [4.78, 5) is 17.2. The van der Waals surface area contributed by atoms with E-state index in [0.717, 1.165) is 24.0 Å². The molecule has 1 aromatic carbocycles. The average Bonchev–Trinajstić information content (AvgIpc) is 3.45. The van der Waals surface area contributed by atoms with Gasteiger partial charge in [0.25, 0.3) is 5.24 Å². The molecule has 1 aliphatic carbocycles. The van der Waals surface area contributed by atoms with Crippen molar-refractivity contribution in [2.75, 3.05) is 24.5 Å². The van der Waals surface area contributed by atoms with E-state index in [-0.39, 0.29) is 10.9 Å². The van der Waals surface area contributed by atoms with Gasteiger partial charge >= 0.3 is 0 Å². The second kappa shape index (κ2) is 7.50. The Labute approximate surface area is 162 Å². The highest BCUT2D eigenvalue weighted by Crippen LogP contribution is 2.44. The van der Waals surface area contributed by atoms with Gasteiger partial charge in [-0.1, -0.05) is 18.9 Å². The zero-order valence-electron chi connectivity index (χ0n) is 16.2. The summed E-state index contributed by atoms with van der Waals surface area (Å²) in [6, 6.07) is 8.61. The fraction of sp³-hybridized carbons (Fsp3) is 0.429. The molecule has 1 fully saturated rings. The highest BCUT2D eigenvalue weighted by molar-refractivity contribution is 8.43. The quantitative estimate of drug-likeness (QED) is 0.707. The number of rotatable bonds is 6. The van der Waals surface area contributed by atoms with E-state index in [9.17, 15) is 9.18 Å². The average molecular weight is 390 g/mol. The van der Waals surface area contributed by atoms with Crippen LogP contribution in [0.2, 0.25) is 0 Å². The lowest BCUT2D eigenvalue weighted by atomic mass is 9.79. The van der Waals surface area contributed by atoms with Crippen LogP contribution in [-0.2, 0) is 5.54 Å². The molecule has 1 amide bonds. The second-order valence-electron chi connectivity index (χ2n) is 8.11. The zero-order chi connectivity index (χ0) is 19.7. The lowest BCUT2D eigenvalue weighted by Crippen LogP contribution is -2.47. The summed E-state index contributed by atoms with van der Waals surface area (Å²) in [5.41, 5.74) is 6.99. The van der Waals surface area contributed by atoms with Crippen molar-refractivity contribution in [3.63, 3.8) is 0 Å². The molecule has 1 heterocycles. The van der Waals surface area contributed by atoms with Crippen molar-refractivity contribution in [2.45, 2.75) is 31.2 Å². The van der Waals surface area contributed by atoms with Gasteiger partial charge in [-0.3, -0.25) is 9.78 Å². The lowest BCUT2D eigenvalue weighted by Gasteiger charge is -2.39. The highest BCUT2D eigenvalue weighted by atomic mass is 32.3. The fourth-order valence-corrected chi connectivity index (χ4v) is 3.74. The van der Waals surface area contributed by atoms with Crippen LogP contribution in [0.5, 0.6) is 0 Å². The van der Waals surface area contributed by atoms with Crippen molar-refractivity contribution in [1.82, 2.24) is 10.3 Å². The zero-order valence-corrected chi connectivity index (χ0v) is 17.0. The molecule has 3 N–H and O–H groups in total. The van der Waals surface area contributed by atoms with Crippen molar-refractivity contribution >= 4 is 21.0 Å². The maximum Gasteiger partial charge on any atom is 0.261 e. The molecule has 2 aromatic rings. The number of carbonyl (C=O) groups excluding carboxylic acids is 1. The predicted molar refractivity (Wildman–Crippen MR) is 112 cm³/mol. The first kappa shape index (κ1) is 19.7. The molecule has 146 valence electrons. The number of nitrogen functional groups attached to an aromatic ring is 1. The summed E-state index contributed by atoms with van der Waals surface area (Å²) in [5, 5.41) is 3.35. The van der Waals surface area contributed by atoms with Crippen LogP contribution < -0.4 is 11.1 Å². The molecule has 0 saturated heterocycles. The number of hydrogen-bond donors (Lipinski definition) is 2. The van der Waals surface area contributed by atoms with Crippen molar-refractivity contribution in [2.24, 2.45) is 5.92 Å². The van der Waals surface area contributed by atoms with E-state index >= 15 is 0 Å². The minimum absolute atomic E-state index is 0.0259. The SMILES string of the molecule is CS(C)(C)C(=O)NC(CCC1CC1)(c1ccncc1)c1ccc(F)c(N)c1. The molecular formula is C21H28FN3OS. The van der Waals surface area contributed by atoms with Gasteiger partial charge < -0.3 is 11.1 Å².